The van der Waals surface area contributed by atoms with Crippen molar-refractivity contribution in [2.75, 3.05) is 19.6 Å². The van der Waals surface area contributed by atoms with Crippen LogP contribution in [-0.2, 0) is 16.6 Å². The molecule has 1 saturated carbocycles. The van der Waals surface area contributed by atoms with Crippen molar-refractivity contribution in [3.63, 3.8) is 0 Å². The highest BCUT2D eigenvalue weighted by molar-refractivity contribution is 7.90. The maximum atomic E-state index is 12.1. The van der Waals surface area contributed by atoms with Crippen molar-refractivity contribution in [1.29, 1.82) is 0 Å². The van der Waals surface area contributed by atoms with E-state index in [-0.39, 0.29) is 17.3 Å². The first kappa shape index (κ1) is 16.3. The van der Waals surface area contributed by atoms with E-state index in [9.17, 15) is 13.2 Å². The molecule has 0 unspecified atom stereocenters. The summed E-state index contributed by atoms with van der Waals surface area (Å²) in [6.07, 6.45) is 6.45. The molecule has 1 aliphatic carbocycles. The minimum Gasteiger partial charge on any atom is -0.336 e. The lowest BCUT2D eigenvalue weighted by Crippen LogP contribution is -2.49. The zero-order chi connectivity index (χ0) is 16.3. The van der Waals surface area contributed by atoms with Gasteiger partial charge in [-0.15, -0.1) is 0 Å². The summed E-state index contributed by atoms with van der Waals surface area (Å²) in [5, 5.41) is 9.62. The average molecular weight is 341 g/mol. The minimum absolute atomic E-state index is 0.0327. The summed E-state index contributed by atoms with van der Waals surface area (Å²) in [4.78, 5) is 11.9. The minimum atomic E-state index is -3.08. The Labute approximate surface area is 136 Å². The first-order valence-electron chi connectivity index (χ1n) is 8.06. The topological polar surface area (TPSA) is 96.3 Å². The molecule has 1 aromatic rings. The molecule has 1 aromatic heterocycles. The van der Waals surface area contributed by atoms with E-state index < -0.39 is 10.0 Å². The number of piperidine rings is 1. The summed E-state index contributed by atoms with van der Waals surface area (Å²) >= 11 is 0. The zero-order valence-electron chi connectivity index (χ0n) is 13.0. The first-order chi connectivity index (χ1) is 11.1. The summed E-state index contributed by atoms with van der Waals surface area (Å²) in [6.45, 7) is 2.12. The monoisotopic (exact) mass is 341 g/mol. The van der Waals surface area contributed by atoms with Gasteiger partial charge in [0.25, 0.3) is 0 Å². The molecule has 3 rings (SSSR count). The van der Waals surface area contributed by atoms with Gasteiger partial charge >= 0.3 is 6.03 Å². The fourth-order valence-electron chi connectivity index (χ4n) is 2.78. The molecule has 2 fully saturated rings. The Balaban J connectivity index is 1.36. The van der Waals surface area contributed by atoms with Gasteiger partial charge in [0, 0.05) is 38.1 Å². The number of hydrogen-bond donors (Lipinski definition) is 2. The number of urea groups is 1. The molecule has 0 atom stereocenters. The fraction of sp³-hybridized carbons (Fsp3) is 0.714. The largest absolute Gasteiger partial charge is 0.336 e. The van der Waals surface area contributed by atoms with Gasteiger partial charge in [0.1, 0.15) is 0 Å². The first-order valence-corrected chi connectivity index (χ1v) is 9.57. The van der Waals surface area contributed by atoms with E-state index in [2.05, 4.69) is 15.7 Å². The summed E-state index contributed by atoms with van der Waals surface area (Å²) in [5.41, 5.74) is 0. The molecule has 128 valence electrons. The number of rotatable bonds is 6. The van der Waals surface area contributed by atoms with E-state index in [1.165, 1.54) is 0 Å². The summed E-state index contributed by atoms with van der Waals surface area (Å²) in [7, 11) is -3.08. The lowest BCUT2D eigenvalue weighted by molar-refractivity contribution is 0.227. The molecule has 8 nitrogen and oxygen atoms in total. The van der Waals surface area contributed by atoms with Crippen LogP contribution in [0.2, 0.25) is 0 Å². The predicted octanol–water partition coefficient (Wildman–Crippen LogP) is 0.139. The van der Waals surface area contributed by atoms with E-state index >= 15 is 0 Å². The highest BCUT2D eigenvalue weighted by Gasteiger charge is 2.41. The Kier molecular flexibility index (Phi) is 4.86. The van der Waals surface area contributed by atoms with E-state index in [1.807, 2.05) is 12.3 Å². The van der Waals surface area contributed by atoms with E-state index in [0.29, 0.717) is 39.0 Å². The van der Waals surface area contributed by atoms with Gasteiger partial charge in [-0.25, -0.2) is 17.5 Å². The number of sulfonamides is 1. The molecule has 23 heavy (non-hydrogen) atoms. The number of hydrogen-bond acceptors (Lipinski definition) is 4. The molecule has 9 heteroatoms. The van der Waals surface area contributed by atoms with E-state index in [0.717, 1.165) is 12.8 Å². The Morgan fingerprint density at radius 2 is 1.96 bits per heavy atom. The molecule has 1 aliphatic heterocycles. The molecular formula is C14H23N5O3S. The van der Waals surface area contributed by atoms with Crippen molar-refractivity contribution in [2.24, 2.45) is 0 Å². The van der Waals surface area contributed by atoms with Crippen molar-refractivity contribution in [3.8, 4) is 0 Å². The maximum absolute atomic E-state index is 12.1. The van der Waals surface area contributed by atoms with Gasteiger partial charge in [-0.2, -0.15) is 5.10 Å². The van der Waals surface area contributed by atoms with Crippen molar-refractivity contribution in [1.82, 2.24) is 24.7 Å². The van der Waals surface area contributed by atoms with Crippen molar-refractivity contribution < 1.29 is 13.2 Å². The molecule has 2 aliphatic rings. The SMILES string of the molecule is O=C(NCCn1cccn1)NC1CCN(S(=O)(=O)C2CC2)CC1. The van der Waals surface area contributed by atoms with Crippen LogP contribution in [-0.4, -0.2) is 59.5 Å². The quantitative estimate of drug-likeness (QED) is 0.769. The van der Waals surface area contributed by atoms with Crippen LogP contribution in [0.5, 0.6) is 0 Å². The molecule has 2 amide bonds. The van der Waals surface area contributed by atoms with Gasteiger partial charge in [-0.3, -0.25) is 4.68 Å². The van der Waals surface area contributed by atoms with Gasteiger partial charge in [-0.05, 0) is 31.7 Å². The van der Waals surface area contributed by atoms with Gasteiger partial charge < -0.3 is 10.6 Å². The Morgan fingerprint density at radius 1 is 1.22 bits per heavy atom. The Bertz CT molecular complexity index is 619. The van der Waals surface area contributed by atoms with Crippen LogP contribution < -0.4 is 10.6 Å². The molecule has 2 heterocycles. The van der Waals surface area contributed by atoms with Crippen LogP contribution in [0.1, 0.15) is 25.7 Å². The van der Waals surface area contributed by atoms with Gasteiger partial charge in [-0.1, -0.05) is 0 Å². The van der Waals surface area contributed by atoms with Gasteiger partial charge in [0.2, 0.25) is 10.0 Å². The van der Waals surface area contributed by atoms with Crippen LogP contribution in [0.15, 0.2) is 18.5 Å². The second kappa shape index (κ2) is 6.88. The van der Waals surface area contributed by atoms with Crippen molar-refractivity contribution >= 4 is 16.1 Å². The second-order valence-electron chi connectivity index (χ2n) is 6.09. The summed E-state index contributed by atoms with van der Waals surface area (Å²) in [6, 6.07) is 1.66. The highest BCUT2D eigenvalue weighted by Crippen LogP contribution is 2.32. The van der Waals surface area contributed by atoms with Crippen LogP contribution in [0, 0.1) is 0 Å². The number of carbonyl (C=O) groups is 1. The normalized spacial score (nSPS) is 20.3. The van der Waals surface area contributed by atoms with Crippen LogP contribution >= 0.6 is 0 Å². The Morgan fingerprint density at radius 3 is 2.57 bits per heavy atom. The number of nitrogens with one attached hydrogen (secondary N) is 2. The predicted molar refractivity (Wildman–Crippen MR) is 85.3 cm³/mol. The standard InChI is InChI=1S/C14H23N5O3S/c20-14(15-7-11-18-8-1-6-16-18)17-12-4-9-19(10-5-12)23(21,22)13-2-3-13/h1,6,8,12-13H,2-5,7,9-11H2,(H2,15,17,20). The molecule has 2 N–H and O–H groups in total. The summed E-state index contributed by atoms with van der Waals surface area (Å²) in [5.74, 6) is 0. The van der Waals surface area contributed by atoms with E-state index in [4.69, 9.17) is 0 Å². The lowest BCUT2D eigenvalue weighted by Gasteiger charge is -2.31. The molecule has 0 spiro atoms. The number of amides is 2. The maximum Gasteiger partial charge on any atom is 0.315 e. The third-order valence-corrected chi connectivity index (χ3v) is 6.68. The summed E-state index contributed by atoms with van der Waals surface area (Å²) < 4.78 is 27.6. The smallest absolute Gasteiger partial charge is 0.315 e. The third kappa shape index (κ3) is 4.23. The lowest BCUT2D eigenvalue weighted by atomic mass is 10.1. The average Bonchev–Trinajstić information content (AvgIpc) is 3.27. The molecular weight excluding hydrogens is 318 g/mol. The van der Waals surface area contributed by atoms with Crippen molar-refractivity contribution in [3.05, 3.63) is 18.5 Å². The molecule has 0 bridgehead atoms. The van der Waals surface area contributed by atoms with Crippen LogP contribution in [0.4, 0.5) is 4.79 Å². The molecule has 0 aromatic carbocycles. The van der Waals surface area contributed by atoms with E-state index in [1.54, 1.807) is 15.2 Å². The van der Waals surface area contributed by atoms with Crippen LogP contribution in [0.3, 0.4) is 0 Å². The van der Waals surface area contributed by atoms with Crippen LogP contribution in [0.25, 0.3) is 0 Å². The molecule has 1 saturated heterocycles. The van der Waals surface area contributed by atoms with Crippen molar-refractivity contribution in [2.45, 2.75) is 43.5 Å². The van der Waals surface area contributed by atoms with Gasteiger partial charge in [0.15, 0.2) is 0 Å². The third-order valence-electron chi connectivity index (χ3n) is 4.28. The number of aromatic nitrogens is 2. The fourth-order valence-corrected chi connectivity index (χ4v) is 4.66. The number of carbonyl (C=O) groups excluding carboxylic acids is 1. The Hall–Kier alpha value is -1.61. The zero-order valence-corrected chi connectivity index (χ0v) is 13.8. The highest BCUT2D eigenvalue weighted by atomic mass is 32.2. The second-order valence-corrected chi connectivity index (χ2v) is 8.30. The number of nitrogens with zero attached hydrogens (tertiary/aromatic N) is 3. The van der Waals surface area contributed by atoms with Gasteiger partial charge in [0.05, 0.1) is 11.8 Å². The molecule has 0 radical (unpaired) electrons.